The number of carbonyl (C=O) groups is 1. The maximum absolute atomic E-state index is 11.0. The Morgan fingerprint density at radius 1 is 1.35 bits per heavy atom. The summed E-state index contributed by atoms with van der Waals surface area (Å²) < 4.78 is 10.1. The number of carbonyl (C=O) groups excluding carboxylic acids is 1. The second-order valence-electron chi connectivity index (χ2n) is 4.90. The fourth-order valence-electron chi connectivity index (χ4n) is 2.10. The van der Waals surface area contributed by atoms with Crippen LogP contribution in [-0.2, 0) is 14.3 Å². The first-order valence-corrected chi connectivity index (χ1v) is 6.59. The molecule has 0 radical (unpaired) electrons. The molecule has 2 unspecified atom stereocenters. The smallest absolute Gasteiger partial charge is 0.332 e. The van der Waals surface area contributed by atoms with Crippen molar-refractivity contribution in [1.82, 2.24) is 4.90 Å². The number of esters is 1. The lowest BCUT2D eigenvalue weighted by atomic mass is 9.89. The molecule has 0 aromatic carbocycles. The van der Waals surface area contributed by atoms with Crippen molar-refractivity contribution in [3.05, 3.63) is 0 Å². The SMILES string of the molecule is CCOC(=O)COCCN1CCC(C)C(C)C1. The van der Waals surface area contributed by atoms with Gasteiger partial charge in [-0.25, -0.2) is 4.79 Å². The third kappa shape index (κ3) is 5.50. The topological polar surface area (TPSA) is 38.8 Å². The van der Waals surface area contributed by atoms with E-state index in [9.17, 15) is 4.79 Å². The Bertz CT molecular complexity index is 233. The summed E-state index contributed by atoms with van der Waals surface area (Å²) in [5, 5.41) is 0. The molecule has 1 aliphatic rings. The Balaban J connectivity index is 2.05. The van der Waals surface area contributed by atoms with E-state index in [4.69, 9.17) is 9.47 Å². The number of nitrogens with zero attached hydrogens (tertiary/aromatic N) is 1. The van der Waals surface area contributed by atoms with Gasteiger partial charge in [0.05, 0.1) is 13.2 Å². The molecule has 0 aliphatic carbocycles. The average molecular weight is 243 g/mol. The van der Waals surface area contributed by atoms with Gasteiger partial charge >= 0.3 is 5.97 Å². The summed E-state index contributed by atoms with van der Waals surface area (Å²) in [5.74, 6) is 1.31. The molecule has 0 amide bonds. The van der Waals surface area contributed by atoms with Crippen LogP contribution < -0.4 is 0 Å². The third-order valence-corrected chi connectivity index (χ3v) is 3.50. The van der Waals surface area contributed by atoms with Gasteiger partial charge in [0.25, 0.3) is 0 Å². The zero-order valence-corrected chi connectivity index (χ0v) is 11.3. The molecule has 0 aromatic heterocycles. The Labute approximate surface area is 104 Å². The largest absolute Gasteiger partial charge is 0.464 e. The summed E-state index contributed by atoms with van der Waals surface area (Å²) in [6, 6.07) is 0. The molecule has 4 heteroatoms. The highest BCUT2D eigenvalue weighted by molar-refractivity contribution is 5.70. The zero-order chi connectivity index (χ0) is 12.7. The Kier molecular flexibility index (Phi) is 6.52. The van der Waals surface area contributed by atoms with Crippen LogP contribution in [-0.4, -0.2) is 50.3 Å². The Morgan fingerprint density at radius 3 is 2.76 bits per heavy atom. The van der Waals surface area contributed by atoms with E-state index in [0.29, 0.717) is 13.2 Å². The van der Waals surface area contributed by atoms with Gasteiger partial charge in [0.1, 0.15) is 6.61 Å². The minimum Gasteiger partial charge on any atom is -0.464 e. The molecular formula is C13H25NO3. The molecule has 1 heterocycles. The fraction of sp³-hybridized carbons (Fsp3) is 0.923. The van der Waals surface area contributed by atoms with Crippen LogP contribution in [0.25, 0.3) is 0 Å². The molecular weight excluding hydrogens is 218 g/mol. The van der Waals surface area contributed by atoms with Crippen LogP contribution >= 0.6 is 0 Å². The van der Waals surface area contributed by atoms with E-state index in [0.717, 1.165) is 31.5 Å². The lowest BCUT2D eigenvalue weighted by molar-refractivity contribution is -0.148. The molecule has 2 atom stereocenters. The summed E-state index contributed by atoms with van der Waals surface area (Å²) in [7, 11) is 0. The van der Waals surface area contributed by atoms with E-state index in [1.54, 1.807) is 6.92 Å². The van der Waals surface area contributed by atoms with E-state index in [1.807, 2.05) is 0 Å². The van der Waals surface area contributed by atoms with Crippen LogP contribution in [0.5, 0.6) is 0 Å². The van der Waals surface area contributed by atoms with Gasteiger partial charge < -0.3 is 14.4 Å². The average Bonchev–Trinajstić information content (AvgIpc) is 2.29. The lowest BCUT2D eigenvalue weighted by Gasteiger charge is -2.35. The normalized spacial score (nSPS) is 25.8. The number of ether oxygens (including phenoxy) is 2. The second-order valence-corrected chi connectivity index (χ2v) is 4.90. The number of hydrogen-bond acceptors (Lipinski definition) is 4. The molecule has 17 heavy (non-hydrogen) atoms. The highest BCUT2D eigenvalue weighted by Crippen LogP contribution is 2.21. The highest BCUT2D eigenvalue weighted by atomic mass is 16.6. The number of likely N-dealkylation sites (tertiary alicyclic amines) is 1. The Morgan fingerprint density at radius 2 is 2.12 bits per heavy atom. The standard InChI is InChI=1S/C13H25NO3/c1-4-17-13(15)10-16-8-7-14-6-5-11(2)12(3)9-14/h11-12H,4-10H2,1-3H3. The minimum atomic E-state index is -0.270. The van der Waals surface area contributed by atoms with Crippen molar-refractivity contribution in [2.75, 3.05) is 39.5 Å². The first-order chi connectivity index (χ1) is 8.13. The van der Waals surface area contributed by atoms with E-state index >= 15 is 0 Å². The van der Waals surface area contributed by atoms with E-state index in [-0.39, 0.29) is 12.6 Å². The van der Waals surface area contributed by atoms with Gasteiger partial charge in [-0.2, -0.15) is 0 Å². The van der Waals surface area contributed by atoms with Crippen LogP contribution in [0.3, 0.4) is 0 Å². The summed E-state index contributed by atoms with van der Waals surface area (Å²) in [6.07, 6.45) is 1.26. The maximum Gasteiger partial charge on any atom is 0.332 e. The molecule has 1 fully saturated rings. The summed E-state index contributed by atoms with van der Waals surface area (Å²) >= 11 is 0. The second kappa shape index (κ2) is 7.67. The monoisotopic (exact) mass is 243 g/mol. The van der Waals surface area contributed by atoms with Crippen molar-refractivity contribution in [3.8, 4) is 0 Å². The number of hydrogen-bond donors (Lipinski definition) is 0. The van der Waals surface area contributed by atoms with Gasteiger partial charge in [-0.15, -0.1) is 0 Å². The van der Waals surface area contributed by atoms with Crippen LogP contribution in [0, 0.1) is 11.8 Å². The van der Waals surface area contributed by atoms with Crippen molar-refractivity contribution in [2.24, 2.45) is 11.8 Å². The molecule has 0 N–H and O–H groups in total. The van der Waals surface area contributed by atoms with Crippen molar-refractivity contribution >= 4 is 5.97 Å². The zero-order valence-electron chi connectivity index (χ0n) is 11.3. The Hall–Kier alpha value is -0.610. The van der Waals surface area contributed by atoms with Gasteiger partial charge in [0.15, 0.2) is 0 Å². The quantitative estimate of drug-likeness (QED) is 0.524. The lowest BCUT2D eigenvalue weighted by Crippen LogP contribution is -2.40. The van der Waals surface area contributed by atoms with Gasteiger partial charge in [-0.1, -0.05) is 13.8 Å². The molecule has 1 saturated heterocycles. The summed E-state index contributed by atoms with van der Waals surface area (Å²) in [6.45, 7) is 10.7. The first kappa shape index (κ1) is 14.5. The van der Waals surface area contributed by atoms with Crippen molar-refractivity contribution in [2.45, 2.75) is 27.2 Å². The fourth-order valence-corrected chi connectivity index (χ4v) is 2.10. The minimum absolute atomic E-state index is 0.0770. The molecule has 1 aliphatic heterocycles. The molecule has 4 nitrogen and oxygen atoms in total. The van der Waals surface area contributed by atoms with Gasteiger partial charge in [0, 0.05) is 13.1 Å². The predicted octanol–water partition coefficient (Wildman–Crippen LogP) is 1.54. The first-order valence-electron chi connectivity index (χ1n) is 6.59. The van der Waals surface area contributed by atoms with Gasteiger partial charge in [-0.3, -0.25) is 0 Å². The molecule has 0 aromatic rings. The highest BCUT2D eigenvalue weighted by Gasteiger charge is 2.22. The van der Waals surface area contributed by atoms with Crippen LogP contribution in [0.2, 0.25) is 0 Å². The van der Waals surface area contributed by atoms with E-state index < -0.39 is 0 Å². The number of rotatable bonds is 6. The van der Waals surface area contributed by atoms with Crippen molar-refractivity contribution in [1.29, 1.82) is 0 Å². The van der Waals surface area contributed by atoms with Gasteiger partial charge in [0.2, 0.25) is 0 Å². The van der Waals surface area contributed by atoms with Crippen molar-refractivity contribution in [3.63, 3.8) is 0 Å². The van der Waals surface area contributed by atoms with Crippen LogP contribution in [0.1, 0.15) is 27.2 Å². The van der Waals surface area contributed by atoms with E-state index in [2.05, 4.69) is 18.7 Å². The van der Waals surface area contributed by atoms with Crippen LogP contribution in [0.4, 0.5) is 0 Å². The maximum atomic E-state index is 11.0. The molecule has 100 valence electrons. The van der Waals surface area contributed by atoms with Gasteiger partial charge in [-0.05, 0) is 31.7 Å². The third-order valence-electron chi connectivity index (χ3n) is 3.50. The molecule has 0 spiro atoms. The molecule has 1 rings (SSSR count). The summed E-state index contributed by atoms with van der Waals surface area (Å²) in [5.41, 5.74) is 0. The molecule has 0 bridgehead atoms. The summed E-state index contributed by atoms with van der Waals surface area (Å²) in [4.78, 5) is 13.4. The molecule has 0 saturated carbocycles. The van der Waals surface area contributed by atoms with Crippen LogP contribution in [0.15, 0.2) is 0 Å². The van der Waals surface area contributed by atoms with Crippen molar-refractivity contribution < 1.29 is 14.3 Å². The number of piperidine rings is 1. The van der Waals surface area contributed by atoms with E-state index in [1.165, 1.54) is 6.42 Å². The predicted molar refractivity (Wildman–Crippen MR) is 66.8 cm³/mol.